The molecule has 2 rings (SSSR count). The molecule has 1 heterocycles. The fourth-order valence-corrected chi connectivity index (χ4v) is 3.51. The van der Waals surface area contributed by atoms with Gasteiger partial charge >= 0.3 is 0 Å². The van der Waals surface area contributed by atoms with E-state index >= 15 is 0 Å². The first-order valence-electron chi connectivity index (χ1n) is 7.62. The van der Waals surface area contributed by atoms with Crippen LogP contribution in [0.25, 0.3) is 0 Å². The molecule has 1 aliphatic carbocycles. The molecule has 2 fully saturated rings. The molecule has 0 spiro atoms. The van der Waals surface area contributed by atoms with Crippen molar-refractivity contribution in [2.24, 2.45) is 23.5 Å². The van der Waals surface area contributed by atoms with Gasteiger partial charge in [-0.1, -0.05) is 13.8 Å². The highest BCUT2D eigenvalue weighted by Gasteiger charge is 2.32. The Morgan fingerprint density at radius 2 is 1.89 bits per heavy atom. The highest BCUT2D eigenvalue weighted by Crippen LogP contribution is 2.29. The van der Waals surface area contributed by atoms with Gasteiger partial charge in [0, 0.05) is 25.0 Å². The highest BCUT2D eigenvalue weighted by molar-refractivity contribution is 5.85. The average molecular weight is 289 g/mol. The van der Waals surface area contributed by atoms with Gasteiger partial charge in [0.1, 0.15) is 0 Å². The summed E-state index contributed by atoms with van der Waals surface area (Å²) >= 11 is 0. The van der Waals surface area contributed by atoms with Gasteiger partial charge in [0.2, 0.25) is 5.91 Å². The lowest BCUT2D eigenvalue weighted by molar-refractivity contribution is -0.135. The second-order valence-electron chi connectivity index (χ2n) is 6.53. The van der Waals surface area contributed by atoms with Gasteiger partial charge in [0.05, 0.1) is 0 Å². The Bertz CT molecular complexity index is 296. The summed E-state index contributed by atoms with van der Waals surface area (Å²) in [6.45, 7) is 6.54. The van der Waals surface area contributed by atoms with Gasteiger partial charge in [-0.25, -0.2) is 0 Å². The van der Waals surface area contributed by atoms with E-state index in [0.717, 1.165) is 44.2 Å². The molecule has 0 radical (unpaired) electrons. The van der Waals surface area contributed by atoms with Crippen LogP contribution in [0.5, 0.6) is 0 Å². The molecule has 112 valence electrons. The standard InChI is InChI=1S/C15H28N2O.ClH/c1-11(2)12-4-3-8-17(9-7-12)15(18)13-5-6-14(16)10-13;/h11-14H,3-10,16H2,1-2H3;1H. The largest absolute Gasteiger partial charge is 0.342 e. The lowest BCUT2D eigenvalue weighted by atomic mass is 9.89. The Hall–Kier alpha value is -0.280. The van der Waals surface area contributed by atoms with Crippen LogP contribution in [0.3, 0.4) is 0 Å². The van der Waals surface area contributed by atoms with Gasteiger partial charge in [-0.05, 0) is 50.4 Å². The van der Waals surface area contributed by atoms with Crippen molar-refractivity contribution < 1.29 is 4.79 Å². The van der Waals surface area contributed by atoms with Crippen molar-refractivity contribution in [3.05, 3.63) is 0 Å². The summed E-state index contributed by atoms with van der Waals surface area (Å²) in [6.07, 6.45) is 6.58. The van der Waals surface area contributed by atoms with Crippen molar-refractivity contribution in [2.45, 2.75) is 58.4 Å². The number of amides is 1. The molecule has 1 aliphatic heterocycles. The molecule has 1 saturated carbocycles. The number of hydrogen-bond acceptors (Lipinski definition) is 2. The third kappa shape index (κ3) is 4.35. The molecular weight excluding hydrogens is 260 g/mol. The van der Waals surface area contributed by atoms with Crippen LogP contribution in [-0.2, 0) is 4.79 Å². The van der Waals surface area contributed by atoms with Crippen LogP contribution in [0.1, 0.15) is 52.4 Å². The SMILES string of the molecule is CC(C)C1CCCN(C(=O)C2CCC(N)C2)CC1.Cl. The lowest BCUT2D eigenvalue weighted by Crippen LogP contribution is -2.36. The summed E-state index contributed by atoms with van der Waals surface area (Å²) in [7, 11) is 0. The Morgan fingerprint density at radius 3 is 2.47 bits per heavy atom. The average Bonchev–Trinajstić information content (AvgIpc) is 2.63. The quantitative estimate of drug-likeness (QED) is 0.849. The third-order valence-corrected chi connectivity index (χ3v) is 4.85. The van der Waals surface area contributed by atoms with E-state index in [-0.39, 0.29) is 24.4 Å². The molecule has 0 aromatic carbocycles. The molecule has 19 heavy (non-hydrogen) atoms. The summed E-state index contributed by atoms with van der Waals surface area (Å²) in [5, 5.41) is 0. The topological polar surface area (TPSA) is 46.3 Å². The molecular formula is C15H29ClN2O. The highest BCUT2D eigenvalue weighted by atomic mass is 35.5. The van der Waals surface area contributed by atoms with E-state index in [4.69, 9.17) is 5.73 Å². The minimum Gasteiger partial charge on any atom is -0.342 e. The molecule has 0 bridgehead atoms. The normalized spacial score (nSPS) is 32.0. The number of likely N-dealkylation sites (tertiary alicyclic amines) is 1. The van der Waals surface area contributed by atoms with Crippen LogP contribution in [0.2, 0.25) is 0 Å². The summed E-state index contributed by atoms with van der Waals surface area (Å²) in [4.78, 5) is 14.6. The number of hydrogen-bond donors (Lipinski definition) is 1. The van der Waals surface area contributed by atoms with Gasteiger partial charge < -0.3 is 10.6 Å². The number of carbonyl (C=O) groups excluding carboxylic acids is 1. The predicted molar refractivity (Wildman–Crippen MR) is 81.3 cm³/mol. The lowest BCUT2D eigenvalue weighted by Gasteiger charge is -2.24. The van der Waals surface area contributed by atoms with E-state index in [1.165, 1.54) is 19.3 Å². The molecule has 1 amide bonds. The zero-order valence-corrected chi connectivity index (χ0v) is 13.1. The minimum absolute atomic E-state index is 0. The Balaban J connectivity index is 0.00000180. The van der Waals surface area contributed by atoms with Crippen molar-refractivity contribution in [1.29, 1.82) is 0 Å². The zero-order chi connectivity index (χ0) is 13.1. The monoisotopic (exact) mass is 288 g/mol. The molecule has 3 nitrogen and oxygen atoms in total. The minimum atomic E-state index is 0. The van der Waals surface area contributed by atoms with Crippen LogP contribution in [0.4, 0.5) is 0 Å². The molecule has 0 aromatic rings. The maximum absolute atomic E-state index is 12.4. The van der Waals surface area contributed by atoms with E-state index in [2.05, 4.69) is 18.7 Å². The van der Waals surface area contributed by atoms with Crippen molar-refractivity contribution in [2.75, 3.05) is 13.1 Å². The fraction of sp³-hybridized carbons (Fsp3) is 0.933. The number of rotatable bonds is 2. The Labute approximate surface area is 123 Å². The van der Waals surface area contributed by atoms with Crippen LogP contribution in [-0.4, -0.2) is 29.9 Å². The van der Waals surface area contributed by atoms with Crippen LogP contribution < -0.4 is 5.73 Å². The van der Waals surface area contributed by atoms with E-state index in [0.29, 0.717) is 5.91 Å². The van der Waals surface area contributed by atoms with E-state index in [1.54, 1.807) is 0 Å². The third-order valence-electron chi connectivity index (χ3n) is 4.85. The van der Waals surface area contributed by atoms with Crippen molar-refractivity contribution in [3.8, 4) is 0 Å². The van der Waals surface area contributed by atoms with Crippen LogP contribution >= 0.6 is 12.4 Å². The maximum Gasteiger partial charge on any atom is 0.225 e. The first-order valence-corrected chi connectivity index (χ1v) is 7.62. The summed E-state index contributed by atoms with van der Waals surface area (Å²) in [5.41, 5.74) is 5.91. The maximum atomic E-state index is 12.4. The summed E-state index contributed by atoms with van der Waals surface area (Å²) < 4.78 is 0. The van der Waals surface area contributed by atoms with Gasteiger partial charge in [0.25, 0.3) is 0 Å². The summed E-state index contributed by atoms with van der Waals surface area (Å²) in [5.74, 6) is 2.15. The predicted octanol–water partition coefficient (Wildman–Crippen LogP) is 2.82. The summed E-state index contributed by atoms with van der Waals surface area (Å²) in [6, 6.07) is 0.259. The second-order valence-corrected chi connectivity index (χ2v) is 6.53. The van der Waals surface area contributed by atoms with Crippen LogP contribution in [0, 0.1) is 17.8 Å². The van der Waals surface area contributed by atoms with Crippen molar-refractivity contribution >= 4 is 18.3 Å². The van der Waals surface area contributed by atoms with Gasteiger partial charge in [-0.2, -0.15) is 0 Å². The smallest absolute Gasteiger partial charge is 0.225 e. The van der Waals surface area contributed by atoms with Crippen molar-refractivity contribution in [1.82, 2.24) is 4.90 Å². The van der Waals surface area contributed by atoms with Crippen molar-refractivity contribution in [3.63, 3.8) is 0 Å². The molecule has 0 aromatic heterocycles. The first-order chi connectivity index (χ1) is 8.58. The number of halogens is 1. The molecule has 4 heteroatoms. The van der Waals surface area contributed by atoms with Gasteiger partial charge in [-0.15, -0.1) is 12.4 Å². The first kappa shape index (κ1) is 16.8. The van der Waals surface area contributed by atoms with Gasteiger partial charge in [-0.3, -0.25) is 4.79 Å². The number of nitrogens with two attached hydrogens (primary N) is 1. The fourth-order valence-electron chi connectivity index (χ4n) is 3.51. The van der Waals surface area contributed by atoms with Gasteiger partial charge in [0.15, 0.2) is 0 Å². The molecule has 2 aliphatic rings. The molecule has 3 unspecified atom stereocenters. The van der Waals surface area contributed by atoms with E-state index in [1.807, 2.05) is 0 Å². The zero-order valence-electron chi connectivity index (χ0n) is 12.3. The van der Waals surface area contributed by atoms with Crippen LogP contribution in [0.15, 0.2) is 0 Å². The van der Waals surface area contributed by atoms with E-state index in [9.17, 15) is 4.79 Å². The number of carbonyl (C=O) groups is 1. The number of nitrogens with zero attached hydrogens (tertiary/aromatic N) is 1. The second kappa shape index (κ2) is 7.49. The van der Waals surface area contributed by atoms with E-state index < -0.39 is 0 Å². The molecule has 3 atom stereocenters. The molecule has 1 saturated heterocycles. The molecule has 2 N–H and O–H groups in total. The Morgan fingerprint density at radius 1 is 1.16 bits per heavy atom. The Kier molecular flexibility index (Phi) is 6.61.